The lowest BCUT2D eigenvalue weighted by atomic mass is 9.89. The first-order valence-corrected chi connectivity index (χ1v) is 15.9. The van der Waals surface area contributed by atoms with E-state index in [4.69, 9.17) is 33.2 Å². The van der Waals surface area contributed by atoms with Crippen molar-refractivity contribution in [3.05, 3.63) is 24.3 Å². The van der Waals surface area contributed by atoms with Gasteiger partial charge in [0, 0.05) is 31.4 Å². The molecule has 5 N–H and O–H groups in total. The molecule has 16 atom stereocenters. The van der Waals surface area contributed by atoms with Crippen molar-refractivity contribution in [2.24, 2.45) is 11.8 Å². The number of methoxy groups -OCH3 is 1. The second kappa shape index (κ2) is 15.6. The predicted molar refractivity (Wildman–Crippen MR) is 159 cm³/mol. The summed E-state index contributed by atoms with van der Waals surface area (Å²) in [5.41, 5.74) is -1.76. The van der Waals surface area contributed by atoms with Gasteiger partial charge in [0.2, 0.25) is 0 Å². The number of aliphatic hydroxyl groups is 5. The highest BCUT2D eigenvalue weighted by Crippen LogP contribution is 2.36. The molecule has 46 heavy (non-hydrogen) atoms. The molecule has 14 heteroatoms. The average Bonchev–Trinajstić information content (AvgIpc) is 3.76. The summed E-state index contributed by atoms with van der Waals surface area (Å²) >= 11 is 0. The first-order valence-electron chi connectivity index (χ1n) is 15.9. The van der Waals surface area contributed by atoms with E-state index in [2.05, 4.69) is 0 Å². The Morgan fingerprint density at radius 3 is 2.33 bits per heavy atom. The van der Waals surface area contributed by atoms with Gasteiger partial charge in [-0.05, 0) is 52.7 Å². The zero-order valence-corrected chi connectivity index (χ0v) is 27.2. The van der Waals surface area contributed by atoms with Crippen LogP contribution in [0.25, 0.3) is 0 Å². The van der Waals surface area contributed by atoms with Crippen LogP contribution in [0.3, 0.4) is 0 Å². The second-order valence-corrected chi connectivity index (χ2v) is 13.1. The van der Waals surface area contributed by atoms with Crippen LogP contribution in [0.15, 0.2) is 24.3 Å². The van der Waals surface area contributed by atoms with Gasteiger partial charge in [-0.15, -0.1) is 0 Å². The van der Waals surface area contributed by atoms with Crippen molar-refractivity contribution in [2.75, 3.05) is 13.7 Å². The lowest BCUT2D eigenvalue weighted by molar-refractivity contribution is -0.301. The maximum Gasteiger partial charge on any atom is 0.330 e. The molecule has 4 aliphatic heterocycles. The highest BCUT2D eigenvalue weighted by Gasteiger charge is 2.49. The lowest BCUT2D eigenvalue weighted by Crippen LogP contribution is -2.58. The molecule has 0 radical (unpaired) electrons. The average molecular weight is 659 g/mol. The Kier molecular flexibility index (Phi) is 12.5. The number of hydrogen-bond donors (Lipinski definition) is 5. The first kappa shape index (κ1) is 37.0. The van der Waals surface area contributed by atoms with E-state index in [0.717, 1.165) is 0 Å². The molecule has 262 valence electrons. The minimum Gasteiger partial charge on any atom is -0.459 e. The molecular formula is C32H50O14. The van der Waals surface area contributed by atoms with Crippen molar-refractivity contribution >= 4 is 11.8 Å². The van der Waals surface area contributed by atoms with Crippen molar-refractivity contribution in [1.29, 1.82) is 0 Å². The highest BCUT2D eigenvalue weighted by molar-refractivity contribution is 5.96. The van der Waals surface area contributed by atoms with Crippen molar-refractivity contribution in [2.45, 2.75) is 139 Å². The molecule has 0 saturated carbocycles. The summed E-state index contributed by atoms with van der Waals surface area (Å²) in [7, 11) is 1.36. The lowest BCUT2D eigenvalue weighted by Gasteiger charge is -2.41. The van der Waals surface area contributed by atoms with E-state index in [1.54, 1.807) is 33.8 Å². The Morgan fingerprint density at radius 2 is 1.63 bits per heavy atom. The molecule has 0 amide bonds. The van der Waals surface area contributed by atoms with E-state index in [1.165, 1.54) is 32.3 Å². The molecule has 16 unspecified atom stereocenters. The third-order valence-electron chi connectivity index (χ3n) is 9.33. The number of rotatable bonds is 6. The summed E-state index contributed by atoms with van der Waals surface area (Å²) in [5.74, 6) is -2.18. The largest absolute Gasteiger partial charge is 0.459 e. The van der Waals surface area contributed by atoms with Crippen LogP contribution in [0.4, 0.5) is 0 Å². The van der Waals surface area contributed by atoms with Crippen LogP contribution >= 0.6 is 0 Å². The maximum atomic E-state index is 13.1. The van der Waals surface area contributed by atoms with Crippen molar-refractivity contribution in [3.63, 3.8) is 0 Å². The molecule has 4 aliphatic rings. The summed E-state index contributed by atoms with van der Waals surface area (Å²) in [6, 6.07) is 0. The van der Waals surface area contributed by atoms with Gasteiger partial charge < -0.3 is 58.7 Å². The van der Waals surface area contributed by atoms with Gasteiger partial charge in [0.1, 0.15) is 42.2 Å². The SMILES string of the molecule is COC1C(OCC2C(C)OC(=O)C=CC(C)C(OC3OC(C)CC(O)C3O)CCC(C)(O)C(=O)C=CC3OC32)OC(C)C(O)C1O. The fourth-order valence-electron chi connectivity index (χ4n) is 6.06. The number of cyclic esters (lactones) is 1. The van der Waals surface area contributed by atoms with Gasteiger partial charge in [-0.3, -0.25) is 4.79 Å². The van der Waals surface area contributed by atoms with Gasteiger partial charge in [0.05, 0.1) is 37.1 Å². The Labute approximate surface area is 269 Å². The zero-order chi connectivity index (χ0) is 33.9. The number of aliphatic hydroxyl groups excluding tert-OH is 4. The number of ether oxygens (including phenoxy) is 7. The monoisotopic (exact) mass is 658 g/mol. The molecule has 0 bridgehead atoms. The maximum absolute atomic E-state index is 13.1. The third-order valence-corrected chi connectivity index (χ3v) is 9.33. The summed E-state index contributed by atoms with van der Waals surface area (Å²) in [4.78, 5) is 26.0. The van der Waals surface area contributed by atoms with Crippen LogP contribution in [-0.2, 0) is 42.7 Å². The fraction of sp³-hybridized carbons (Fsp3) is 0.812. The molecule has 3 saturated heterocycles. The molecule has 3 fully saturated rings. The van der Waals surface area contributed by atoms with Gasteiger partial charge in [-0.2, -0.15) is 0 Å². The number of fused-ring (bicyclic) bond motifs is 1. The number of hydrogen-bond acceptors (Lipinski definition) is 14. The van der Waals surface area contributed by atoms with E-state index in [9.17, 15) is 35.1 Å². The summed E-state index contributed by atoms with van der Waals surface area (Å²) < 4.78 is 40.4. The van der Waals surface area contributed by atoms with E-state index >= 15 is 0 Å². The molecule has 0 aromatic heterocycles. The Hall–Kier alpha value is -1.82. The second-order valence-electron chi connectivity index (χ2n) is 13.1. The minimum absolute atomic E-state index is 0.00609. The Balaban J connectivity index is 1.52. The van der Waals surface area contributed by atoms with Crippen LogP contribution in [0.2, 0.25) is 0 Å². The molecule has 14 nitrogen and oxygen atoms in total. The molecular weight excluding hydrogens is 608 g/mol. The summed E-state index contributed by atoms with van der Waals surface area (Å²) in [6.45, 7) is 8.16. The normalized spacial score (nSPS) is 47.7. The summed E-state index contributed by atoms with van der Waals surface area (Å²) in [5, 5.41) is 52.5. The molecule has 0 aromatic rings. The van der Waals surface area contributed by atoms with E-state index in [0.29, 0.717) is 0 Å². The fourth-order valence-corrected chi connectivity index (χ4v) is 6.06. The van der Waals surface area contributed by atoms with Crippen LogP contribution in [0.1, 0.15) is 53.9 Å². The number of carbonyl (C=O) groups excluding carboxylic acids is 2. The van der Waals surface area contributed by atoms with Crippen molar-refractivity contribution in [3.8, 4) is 0 Å². The van der Waals surface area contributed by atoms with Crippen LogP contribution in [0, 0.1) is 11.8 Å². The van der Waals surface area contributed by atoms with E-state index < -0.39 is 103 Å². The molecule has 0 aromatic carbocycles. The standard InChI is InChI=1S/C32H50O14/c1-15-7-10-24(35)43-17(3)19(14-41-31-29(40-6)27(38)25(36)18(4)44-31)28-22(45-28)8-9-23(34)32(5,39)12-11-21(15)46-30-26(37)20(33)13-16(2)42-30/h7-10,15-22,25-31,33,36-39H,11-14H2,1-6H3. The van der Waals surface area contributed by atoms with E-state index in [1.807, 2.05) is 0 Å². The molecule has 4 heterocycles. The van der Waals surface area contributed by atoms with Gasteiger partial charge in [0.25, 0.3) is 0 Å². The zero-order valence-electron chi connectivity index (χ0n) is 27.2. The number of carbonyl (C=O) groups is 2. The van der Waals surface area contributed by atoms with Gasteiger partial charge in [0.15, 0.2) is 18.4 Å². The smallest absolute Gasteiger partial charge is 0.330 e. The Bertz CT molecular complexity index is 1090. The minimum atomic E-state index is -1.76. The van der Waals surface area contributed by atoms with Gasteiger partial charge >= 0.3 is 5.97 Å². The number of esters is 1. The van der Waals surface area contributed by atoms with Crippen molar-refractivity contribution in [1.82, 2.24) is 0 Å². The first-order chi connectivity index (χ1) is 21.6. The predicted octanol–water partition coefficient (Wildman–Crippen LogP) is -0.0958. The Morgan fingerprint density at radius 1 is 0.913 bits per heavy atom. The number of epoxide rings is 1. The number of ketones is 1. The highest BCUT2D eigenvalue weighted by atomic mass is 16.7. The topological polar surface area (TPSA) is 203 Å². The van der Waals surface area contributed by atoms with Gasteiger partial charge in [-0.1, -0.05) is 13.0 Å². The van der Waals surface area contributed by atoms with Crippen LogP contribution < -0.4 is 0 Å². The van der Waals surface area contributed by atoms with Gasteiger partial charge in [-0.25, -0.2) is 4.79 Å². The summed E-state index contributed by atoms with van der Waals surface area (Å²) in [6.07, 6.45) is -5.46. The third kappa shape index (κ3) is 8.99. The molecule has 0 spiro atoms. The quantitative estimate of drug-likeness (QED) is 0.187. The molecule has 0 aliphatic carbocycles. The van der Waals surface area contributed by atoms with Crippen LogP contribution in [0.5, 0.6) is 0 Å². The van der Waals surface area contributed by atoms with Crippen LogP contribution in [-0.4, -0.2) is 136 Å². The van der Waals surface area contributed by atoms with Crippen molar-refractivity contribution < 1.29 is 68.3 Å². The van der Waals surface area contributed by atoms with E-state index in [-0.39, 0.29) is 32.0 Å². The molecule has 4 rings (SSSR count).